The van der Waals surface area contributed by atoms with Crippen LogP contribution in [0, 0.1) is 0 Å². The average molecular weight is 113 g/mol. The second-order valence-electron chi connectivity index (χ2n) is 1.37. The number of ether oxygens (including phenoxy) is 1. The Hall–Kier alpha value is -0.790. The highest BCUT2D eigenvalue weighted by Crippen LogP contribution is 1.84. The number of carbonyl (C=O) groups excluding carboxylic acids is 1. The van der Waals surface area contributed by atoms with Crippen molar-refractivity contribution in [3.05, 3.63) is 12.3 Å². The molecular formula is C6H9O2. The predicted molar refractivity (Wildman–Crippen MR) is 31.1 cm³/mol. The van der Waals surface area contributed by atoms with Gasteiger partial charge < -0.3 is 4.74 Å². The van der Waals surface area contributed by atoms with Gasteiger partial charge in [-0.05, 0) is 13.8 Å². The summed E-state index contributed by atoms with van der Waals surface area (Å²) in [7, 11) is 0. The van der Waals surface area contributed by atoms with E-state index in [4.69, 9.17) is 4.74 Å². The molecule has 0 aliphatic carbocycles. The van der Waals surface area contributed by atoms with Gasteiger partial charge in [-0.25, -0.2) is 0 Å². The fraction of sp³-hybridized carbons (Fsp3) is 0.500. The standard InChI is InChI=1S/C6H9O2/c1-3-4-8-6(2)5-7/h3-4,6H,1-2H3. The minimum Gasteiger partial charge on any atom is -0.490 e. The third kappa shape index (κ3) is 3.40. The van der Waals surface area contributed by atoms with Gasteiger partial charge in [-0.2, -0.15) is 0 Å². The fourth-order valence-electron chi connectivity index (χ4n) is 0.224. The topological polar surface area (TPSA) is 26.3 Å². The highest BCUT2D eigenvalue weighted by molar-refractivity contribution is 5.56. The van der Waals surface area contributed by atoms with Crippen molar-refractivity contribution in [3.8, 4) is 0 Å². The monoisotopic (exact) mass is 113 g/mol. The average Bonchev–Trinajstić information content (AvgIpc) is 1.83. The summed E-state index contributed by atoms with van der Waals surface area (Å²) >= 11 is 0. The Morgan fingerprint density at radius 2 is 2.38 bits per heavy atom. The van der Waals surface area contributed by atoms with Crippen molar-refractivity contribution >= 4 is 6.29 Å². The Kier molecular flexibility index (Phi) is 3.94. The van der Waals surface area contributed by atoms with Crippen LogP contribution in [0.15, 0.2) is 12.3 Å². The van der Waals surface area contributed by atoms with Crippen LogP contribution < -0.4 is 0 Å². The molecule has 0 saturated carbocycles. The van der Waals surface area contributed by atoms with E-state index in [0.29, 0.717) is 0 Å². The van der Waals surface area contributed by atoms with E-state index in [1.54, 1.807) is 19.3 Å². The van der Waals surface area contributed by atoms with Crippen molar-refractivity contribution in [2.75, 3.05) is 0 Å². The molecular weight excluding hydrogens is 104 g/mol. The molecule has 0 saturated heterocycles. The van der Waals surface area contributed by atoms with E-state index in [0.717, 1.165) is 0 Å². The molecule has 0 aliphatic heterocycles. The number of hydrogen-bond acceptors (Lipinski definition) is 2. The second kappa shape index (κ2) is 4.37. The first-order valence-electron chi connectivity index (χ1n) is 2.45. The van der Waals surface area contributed by atoms with Crippen molar-refractivity contribution in [1.82, 2.24) is 0 Å². The highest BCUT2D eigenvalue weighted by Gasteiger charge is 1.93. The van der Waals surface area contributed by atoms with Crippen molar-refractivity contribution in [2.24, 2.45) is 0 Å². The molecule has 45 valence electrons. The van der Waals surface area contributed by atoms with Crippen LogP contribution in [-0.4, -0.2) is 12.4 Å². The van der Waals surface area contributed by atoms with Crippen LogP contribution >= 0.6 is 0 Å². The maximum atomic E-state index is 9.73. The quantitative estimate of drug-likeness (QED) is 0.511. The maximum absolute atomic E-state index is 9.73. The Morgan fingerprint density at radius 3 is 2.75 bits per heavy atom. The number of hydrogen-bond donors (Lipinski definition) is 0. The number of allylic oxidation sites excluding steroid dienone is 1. The highest BCUT2D eigenvalue weighted by atomic mass is 16.5. The molecule has 0 amide bonds. The summed E-state index contributed by atoms with van der Waals surface area (Å²) in [5, 5.41) is 0. The molecule has 0 aliphatic rings. The smallest absolute Gasteiger partial charge is 0.242 e. The largest absolute Gasteiger partial charge is 0.490 e. The Bertz CT molecular complexity index is 86.5. The van der Waals surface area contributed by atoms with E-state index in [-0.39, 0.29) is 0 Å². The van der Waals surface area contributed by atoms with Gasteiger partial charge in [0.25, 0.3) is 0 Å². The van der Waals surface area contributed by atoms with E-state index in [2.05, 4.69) is 0 Å². The van der Waals surface area contributed by atoms with Crippen molar-refractivity contribution in [2.45, 2.75) is 20.0 Å². The summed E-state index contributed by atoms with van der Waals surface area (Å²) in [6.07, 6.45) is 4.42. The molecule has 0 bridgehead atoms. The van der Waals surface area contributed by atoms with Crippen LogP contribution in [0.3, 0.4) is 0 Å². The van der Waals surface area contributed by atoms with Gasteiger partial charge in [0.05, 0.1) is 6.26 Å². The molecule has 0 rings (SSSR count). The van der Waals surface area contributed by atoms with Crippen LogP contribution in [0.4, 0.5) is 0 Å². The Morgan fingerprint density at radius 1 is 1.75 bits per heavy atom. The molecule has 1 radical (unpaired) electrons. The van der Waals surface area contributed by atoms with Gasteiger partial charge in [-0.15, -0.1) is 0 Å². The Balaban J connectivity index is 3.23. The fourth-order valence-corrected chi connectivity index (χ4v) is 0.224. The van der Waals surface area contributed by atoms with Gasteiger partial charge in [0.1, 0.15) is 0 Å². The summed E-state index contributed by atoms with van der Waals surface area (Å²) in [6, 6.07) is 0. The van der Waals surface area contributed by atoms with Gasteiger partial charge in [0.15, 0.2) is 6.10 Å². The van der Waals surface area contributed by atoms with Gasteiger partial charge in [-0.3, -0.25) is 4.79 Å². The lowest BCUT2D eigenvalue weighted by Crippen LogP contribution is -2.03. The molecule has 0 fully saturated rings. The molecule has 1 atom stereocenters. The van der Waals surface area contributed by atoms with Crippen molar-refractivity contribution in [1.29, 1.82) is 0 Å². The first-order valence-corrected chi connectivity index (χ1v) is 2.45. The van der Waals surface area contributed by atoms with Crippen molar-refractivity contribution in [3.63, 3.8) is 0 Å². The van der Waals surface area contributed by atoms with E-state index in [9.17, 15) is 4.79 Å². The second-order valence-corrected chi connectivity index (χ2v) is 1.37. The SMILES string of the molecule is CC=COC(C)[C]=O. The van der Waals surface area contributed by atoms with Crippen LogP contribution in [0.5, 0.6) is 0 Å². The summed E-state index contributed by atoms with van der Waals surface area (Å²) in [5.74, 6) is 0. The minimum atomic E-state index is -0.439. The van der Waals surface area contributed by atoms with E-state index in [1.165, 1.54) is 6.26 Å². The van der Waals surface area contributed by atoms with Crippen molar-refractivity contribution < 1.29 is 9.53 Å². The van der Waals surface area contributed by atoms with Gasteiger partial charge in [0.2, 0.25) is 6.29 Å². The summed E-state index contributed by atoms with van der Waals surface area (Å²) in [5.41, 5.74) is 0. The third-order valence-corrected chi connectivity index (χ3v) is 0.585. The number of rotatable bonds is 3. The normalized spacial score (nSPS) is 13.8. The van der Waals surface area contributed by atoms with Crippen LogP contribution in [0.25, 0.3) is 0 Å². The summed E-state index contributed by atoms with van der Waals surface area (Å²) in [6.45, 7) is 3.45. The first-order chi connectivity index (χ1) is 3.81. The van der Waals surface area contributed by atoms with E-state index < -0.39 is 6.10 Å². The summed E-state index contributed by atoms with van der Waals surface area (Å²) < 4.78 is 4.74. The zero-order valence-electron chi connectivity index (χ0n) is 5.05. The molecule has 0 spiro atoms. The van der Waals surface area contributed by atoms with Crippen LogP contribution in [-0.2, 0) is 9.53 Å². The molecule has 0 heterocycles. The molecule has 2 heteroatoms. The summed E-state index contributed by atoms with van der Waals surface area (Å²) in [4.78, 5) is 9.73. The molecule has 0 aromatic rings. The van der Waals surface area contributed by atoms with Crippen LogP contribution in [0.2, 0.25) is 0 Å². The third-order valence-electron chi connectivity index (χ3n) is 0.585. The van der Waals surface area contributed by atoms with E-state index in [1.807, 2.05) is 6.92 Å². The van der Waals surface area contributed by atoms with Gasteiger partial charge >= 0.3 is 0 Å². The lowest BCUT2D eigenvalue weighted by molar-refractivity contribution is 0.214. The maximum Gasteiger partial charge on any atom is 0.242 e. The van der Waals surface area contributed by atoms with E-state index >= 15 is 0 Å². The zero-order valence-corrected chi connectivity index (χ0v) is 5.05. The van der Waals surface area contributed by atoms with Crippen LogP contribution in [0.1, 0.15) is 13.8 Å². The Labute approximate surface area is 49.1 Å². The van der Waals surface area contributed by atoms with Gasteiger partial charge in [-0.1, -0.05) is 6.08 Å². The first kappa shape index (κ1) is 7.21. The molecule has 0 aromatic heterocycles. The van der Waals surface area contributed by atoms with Gasteiger partial charge in [0, 0.05) is 0 Å². The lowest BCUT2D eigenvalue weighted by atomic mass is 10.5. The molecule has 0 aromatic carbocycles. The molecule has 2 nitrogen and oxygen atoms in total. The molecule has 1 unspecified atom stereocenters. The minimum absolute atomic E-state index is 0.439. The zero-order chi connectivity index (χ0) is 6.41. The lowest BCUT2D eigenvalue weighted by Gasteiger charge is -1.98. The molecule has 0 N–H and O–H groups in total. The predicted octanol–water partition coefficient (Wildman–Crippen LogP) is 1.03. The molecule has 8 heavy (non-hydrogen) atoms.